The lowest BCUT2D eigenvalue weighted by atomic mass is 9.64. The van der Waals surface area contributed by atoms with E-state index in [2.05, 4.69) is 34.4 Å². The SMILES string of the molecule is CCNc1cc(NC2CC(O)C2(C)C)nc(COC)n1. The standard InChI is InChI=1S/C14H24N4O2/c1-5-15-11-7-12(18-13(17-11)8-20-4)16-9-6-10(19)14(9,2)3/h7,9-10,19H,5-6,8H2,1-4H3,(H2,15,16,17,18). The van der Waals surface area contributed by atoms with Gasteiger partial charge in [-0.15, -0.1) is 0 Å². The number of rotatable bonds is 6. The van der Waals surface area contributed by atoms with Crippen LogP contribution in [0.25, 0.3) is 0 Å². The van der Waals surface area contributed by atoms with E-state index in [4.69, 9.17) is 4.74 Å². The molecule has 0 saturated heterocycles. The maximum absolute atomic E-state index is 9.80. The van der Waals surface area contributed by atoms with E-state index < -0.39 is 0 Å². The summed E-state index contributed by atoms with van der Waals surface area (Å²) in [5.41, 5.74) is -0.134. The van der Waals surface area contributed by atoms with Crippen molar-refractivity contribution in [3.8, 4) is 0 Å². The second-order valence-corrected chi connectivity index (χ2v) is 5.79. The predicted octanol–water partition coefficient (Wildman–Crippen LogP) is 1.63. The lowest BCUT2D eigenvalue weighted by molar-refractivity contribution is -0.0511. The van der Waals surface area contributed by atoms with Gasteiger partial charge >= 0.3 is 0 Å². The van der Waals surface area contributed by atoms with Gasteiger partial charge in [0.2, 0.25) is 0 Å². The number of anilines is 2. The summed E-state index contributed by atoms with van der Waals surface area (Å²) in [6.07, 6.45) is 0.487. The molecule has 0 radical (unpaired) electrons. The first kappa shape index (κ1) is 15.0. The fourth-order valence-corrected chi connectivity index (χ4v) is 2.36. The van der Waals surface area contributed by atoms with Crippen molar-refractivity contribution in [2.24, 2.45) is 5.41 Å². The van der Waals surface area contributed by atoms with Crippen LogP contribution < -0.4 is 10.6 Å². The molecular formula is C14H24N4O2. The zero-order valence-corrected chi connectivity index (χ0v) is 12.6. The van der Waals surface area contributed by atoms with E-state index in [9.17, 15) is 5.11 Å². The highest BCUT2D eigenvalue weighted by molar-refractivity contribution is 5.48. The van der Waals surface area contributed by atoms with Gasteiger partial charge in [0, 0.05) is 31.2 Å². The Bertz CT molecular complexity index is 440. The van der Waals surface area contributed by atoms with Gasteiger partial charge in [-0.05, 0) is 13.3 Å². The van der Waals surface area contributed by atoms with Crippen molar-refractivity contribution in [3.05, 3.63) is 11.9 Å². The third-order valence-corrected chi connectivity index (χ3v) is 3.94. The monoisotopic (exact) mass is 280 g/mol. The Morgan fingerprint density at radius 1 is 1.40 bits per heavy atom. The normalized spacial score (nSPS) is 24.1. The minimum atomic E-state index is -0.256. The zero-order chi connectivity index (χ0) is 14.8. The number of hydrogen-bond donors (Lipinski definition) is 3. The Morgan fingerprint density at radius 2 is 2.10 bits per heavy atom. The molecule has 0 amide bonds. The topological polar surface area (TPSA) is 79.3 Å². The zero-order valence-electron chi connectivity index (χ0n) is 12.6. The van der Waals surface area contributed by atoms with Crippen LogP contribution in [0.2, 0.25) is 0 Å². The van der Waals surface area contributed by atoms with Crippen LogP contribution in [0, 0.1) is 5.41 Å². The smallest absolute Gasteiger partial charge is 0.158 e. The molecule has 6 heteroatoms. The minimum absolute atomic E-state index is 0.134. The molecule has 2 rings (SSSR count). The third-order valence-electron chi connectivity index (χ3n) is 3.94. The van der Waals surface area contributed by atoms with Gasteiger partial charge in [-0.25, -0.2) is 9.97 Å². The van der Waals surface area contributed by atoms with Crippen molar-refractivity contribution in [2.75, 3.05) is 24.3 Å². The van der Waals surface area contributed by atoms with Crippen molar-refractivity contribution in [1.82, 2.24) is 9.97 Å². The highest BCUT2D eigenvalue weighted by atomic mass is 16.5. The van der Waals surface area contributed by atoms with Crippen LogP contribution in [-0.4, -0.2) is 40.9 Å². The molecule has 1 aromatic rings. The van der Waals surface area contributed by atoms with Crippen LogP contribution >= 0.6 is 0 Å². The van der Waals surface area contributed by atoms with E-state index >= 15 is 0 Å². The average molecular weight is 280 g/mol. The van der Waals surface area contributed by atoms with E-state index in [1.54, 1.807) is 7.11 Å². The first-order valence-electron chi connectivity index (χ1n) is 7.02. The Labute approximate surface area is 120 Å². The molecule has 0 bridgehead atoms. The van der Waals surface area contributed by atoms with Crippen molar-refractivity contribution in [2.45, 2.75) is 45.9 Å². The van der Waals surface area contributed by atoms with E-state index in [0.29, 0.717) is 12.4 Å². The molecule has 2 unspecified atom stereocenters. The molecule has 0 aromatic carbocycles. The summed E-state index contributed by atoms with van der Waals surface area (Å²) in [5.74, 6) is 2.20. The second-order valence-electron chi connectivity index (χ2n) is 5.79. The summed E-state index contributed by atoms with van der Waals surface area (Å²) < 4.78 is 5.10. The fraction of sp³-hybridized carbons (Fsp3) is 0.714. The molecule has 1 heterocycles. The summed E-state index contributed by atoms with van der Waals surface area (Å²) in [5, 5.41) is 16.4. The van der Waals surface area contributed by atoms with Gasteiger partial charge in [0.15, 0.2) is 5.82 Å². The van der Waals surface area contributed by atoms with Gasteiger partial charge in [-0.3, -0.25) is 0 Å². The molecule has 6 nitrogen and oxygen atoms in total. The number of nitrogens with zero attached hydrogens (tertiary/aromatic N) is 2. The van der Waals surface area contributed by atoms with Crippen LogP contribution in [0.15, 0.2) is 6.07 Å². The molecule has 1 fully saturated rings. The lowest BCUT2D eigenvalue weighted by Crippen LogP contribution is -2.57. The van der Waals surface area contributed by atoms with Crippen LogP contribution in [0.3, 0.4) is 0 Å². The van der Waals surface area contributed by atoms with Crippen LogP contribution in [-0.2, 0) is 11.3 Å². The first-order valence-corrected chi connectivity index (χ1v) is 7.02. The number of hydrogen-bond acceptors (Lipinski definition) is 6. The van der Waals surface area contributed by atoms with E-state index in [0.717, 1.165) is 24.6 Å². The quantitative estimate of drug-likeness (QED) is 0.735. The largest absolute Gasteiger partial charge is 0.392 e. The Hall–Kier alpha value is -1.40. The van der Waals surface area contributed by atoms with Crippen molar-refractivity contribution >= 4 is 11.6 Å². The van der Waals surface area contributed by atoms with Gasteiger partial charge in [0.25, 0.3) is 0 Å². The molecule has 1 aromatic heterocycles. The van der Waals surface area contributed by atoms with Crippen LogP contribution in [0.4, 0.5) is 11.6 Å². The average Bonchev–Trinajstić information content (AvgIpc) is 2.39. The number of aromatic nitrogens is 2. The molecule has 2 atom stereocenters. The number of ether oxygens (including phenoxy) is 1. The summed E-state index contributed by atoms with van der Waals surface area (Å²) >= 11 is 0. The van der Waals surface area contributed by atoms with E-state index in [1.165, 1.54) is 0 Å². The maximum atomic E-state index is 9.80. The van der Waals surface area contributed by atoms with Crippen molar-refractivity contribution in [1.29, 1.82) is 0 Å². The van der Waals surface area contributed by atoms with Gasteiger partial charge in [0.1, 0.15) is 18.2 Å². The van der Waals surface area contributed by atoms with Gasteiger partial charge in [-0.1, -0.05) is 13.8 Å². The second kappa shape index (κ2) is 5.93. The summed E-state index contributed by atoms with van der Waals surface area (Å²) in [6, 6.07) is 2.11. The van der Waals surface area contributed by atoms with Crippen molar-refractivity contribution in [3.63, 3.8) is 0 Å². The number of nitrogens with one attached hydrogen (secondary N) is 2. The summed E-state index contributed by atoms with van der Waals surface area (Å²) in [6.45, 7) is 7.32. The Kier molecular flexibility index (Phi) is 4.45. The van der Waals surface area contributed by atoms with Crippen LogP contribution in [0.5, 0.6) is 0 Å². The molecule has 20 heavy (non-hydrogen) atoms. The molecular weight excluding hydrogens is 256 g/mol. The van der Waals surface area contributed by atoms with Gasteiger partial charge < -0.3 is 20.5 Å². The highest BCUT2D eigenvalue weighted by Gasteiger charge is 2.47. The Morgan fingerprint density at radius 3 is 2.65 bits per heavy atom. The number of aliphatic hydroxyl groups excluding tert-OH is 1. The minimum Gasteiger partial charge on any atom is -0.392 e. The first-order chi connectivity index (χ1) is 9.47. The molecule has 0 spiro atoms. The van der Waals surface area contributed by atoms with Crippen molar-refractivity contribution < 1.29 is 9.84 Å². The molecule has 3 N–H and O–H groups in total. The molecule has 0 aliphatic heterocycles. The molecule has 112 valence electrons. The molecule has 1 aliphatic rings. The summed E-state index contributed by atoms with van der Waals surface area (Å²) in [4.78, 5) is 8.83. The van der Waals surface area contributed by atoms with E-state index in [1.807, 2.05) is 13.0 Å². The van der Waals surface area contributed by atoms with Gasteiger partial charge in [-0.2, -0.15) is 0 Å². The fourth-order valence-electron chi connectivity index (χ4n) is 2.36. The molecule has 1 aliphatic carbocycles. The highest BCUT2D eigenvalue weighted by Crippen LogP contribution is 2.42. The van der Waals surface area contributed by atoms with E-state index in [-0.39, 0.29) is 17.6 Å². The molecule has 1 saturated carbocycles. The van der Waals surface area contributed by atoms with Gasteiger partial charge in [0.05, 0.1) is 6.10 Å². The predicted molar refractivity (Wildman–Crippen MR) is 78.7 cm³/mol. The third kappa shape index (κ3) is 3.02. The van der Waals surface area contributed by atoms with Crippen LogP contribution in [0.1, 0.15) is 33.0 Å². The lowest BCUT2D eigenvalue weighted by Gasteiger charge is -2.49. The number of methoxy groups -OCH3 is 1. The Balaban J connectivity index is 2.14. The summed E-state index contributed by atoms with van der Waals surface area (Å²) in [7, 11) is 1.63. The maximum Gasteiger partial charge on any atom is 0.158 e. The number of aliphatic hydroxyl groups is 1.